The third kappa shape index (κ3) is 5.76. The van der Waals surface area contributed by atoms with Crippen molar-refractivity contribution in [2.45, 2.75) is 38.1 Å². The second-order valence-electron chi connectivity index (χ2n) is 4.96. The van der Waals surface area contributed by atoms with Crippen LogP contribution < -0.4 is 4.74 Å². The molecule has 0 saturated carbocycles. The van der Waals surface area contributed by atoms with E-state index in [-0.39, 0.29) is 18.8 Å². The monoisotopic (exact) mass is 290 g/mol. The van der Waals surface area contributed by atoms with Gasteiger partial charge in [-0.1, -0.05) is 12.1 Å². The van der Waals surface area contributed by atoms with E-state index in [1.54, 1.807) is 7.11 Å². The lowest BCUT2D eigenvalue weighted by atomic mass is 10.2. The van der Waals surface area contributed by atoms with E-state index in [9.17, 15) is 0 Å². The lowest BCUT2D eigenvalue weighted by molar-refractivity contribution is 0.119. The van der Waals surface area contributed by atoms with Gasteiger partial charge in [0, 0.05) is 19.4 Å². The molecule has 1 aliphatic rings. The van der Waals surface area contributed by atoms with Gasteiger partial charge in [0.25, 0.3) is 0 Å². The summed E-state index contributed by atoms with van der Waals surface area (Å²) in [6, 6.07) is 7.88. The van der Waals surface area contributed by atoms with Crippen molar-refractivity contribution in [3.05, 3.63) is 29.8 Å². The molecular weight excluding hydrogens is 268 g/mol. The Bertz CT molecular complexity index is 472. The fraction of sp³-hybridized carbons (Fsp3) is 0.529. The molecule has 1 heterocycles. The Kier molecular flexibility index (Phi) is 6.55. The van der Waals surface area contributed by atoms with Gasteiger partial charge in [-0.2, -0.15) is 0 Å². The number of aliphatic hydroxyl groups is 1. The summed E-state index contributed by atoms with van der Waals surface area (Å²) >= 11 is 0. The summed E-state index contributed by atoms with van der Waals surface area (Å²) in [6.45, 7) is 1.43. The number of rotatable bonds is 8. The largest absolute Gasteiger partial charge is 0.497 e. The number of methoxy groups -OCH3 is 1. The van der Waals surface area contributed by atoms with Crippen LogP contribution in [0.1, 0.15) is 24.8 Å². The number of aliphatic hydroxyl groups excluding tert-OH is 1. The van der Waals surface area contributed by atoms with Gasteiger partial charge in [0.15, 0.2) is 0 Å². The Labute approximate surface area is 126 Å². The van der Waals surface area contributed by atoms with Gasteiger partial charge in [0.05, 0.1) is 26.4 Å². The standard InChI is InChI=1S/C17H22O4/c1-19-15-9-7-14(8-10-15)13-20-11-5-3-2-4-6-16-17(12-18)21-16/h7-10,16-18H,3,5-6,11-13H2,1H3/t16-,17-/m0/s1. The molecule has 0 aliphatic carbocycles. The molecule has 2 rings (SSSR count). The fourth-order valence-electron chi connectivity index (χ4n) is 1.95. The van der Waals surface area contributed by atoms with Crippen LogP contribution in [0.2, 0.25) is 0 Å². The minimum Gasteiger partial charge on any atom is -0.497 e. The van der Waals surface area contributed by atoms with Crippen molar-refractivity contribution in [3.8, 4) is 17.6 Å². The molecule has 0 aromatic heterocycles. The second-order valence-corrected chi connectivity index (χ2v) is 4.96. The van der Waals surface area contributed by atoms with Crippen LogP contribution in [0.5, 0.6) is 5.75 Å². The van der Waals surface area contributed by atoms with Crippen LogP contribution >= 0.6 is 0 Å². The summed E-state index contributed by atoms with van der Waals surface area (Å²) in [5.74, 6) is 7.04. The molecule has 1 fully saturated rings. The summed E-state index contributed by atoms with van der Waals surface area (Å²) in [5.41, 5.74) is 1.14. The van der Waals surface area contributed by atoms with Gasteiger partial charge >= 0.3 is 0 Å². The first-order chi connectivity index (χ1) is 10.3. The molecule has 1 N–H and O–H groups in total. The molecule has 114 valence electrons. The molecule has 0 unspecified atom stereocenters. The lowest BCUT2D eigenvalue weighted by Crippen LogP contribution is -1.97. The van der Waals surface area contributed by atoms with Gasteiger partial charge in [0.2, 0.25) is 0 Å². The smallest absolute Gasteiger partial charge is 0.118 e. The summed E-state index contributed by atoms with van der Waals surface area (Å²) < 4.78 is 15.9. The van der Waals surface area contributed by atoms with Crippen LogP contribution in [0.3, 0.4) is 0 Å². The van der Waals surface area contributed by atoms with E-state index >= 15 is 0 Å². The van der Waals surface area contributed by atoms with Gasteiger partial charge in [-0.25, -0.2) is 0 Å². The quantitative estimate of drug-likeness (QED) is 0.453. The number of ether oxygens (including phenoxy) is 3. The average Bonchev–Trinajstić information content (AvgIpc) is 3.29. The van der Waals surface area contributed by atoms with E-state index in [2.05, 4.69) is 11.8 Å². The van der Waals surface area contributed by atoms with Crippen LogP contribution in [0.25, 0.3) is 0 Å². The van der Waals surface area contributed by atoms with Crippen molar-refractivity contribution in [1.82, 2.24) is 0 Å². The molecule has 4 heteroatoms. The van der Waals surface area contributed by atoms with Crippen LogP contribution in [0.15, 0.2) is 24.3 Å². The predicted molar refractivity (Wildman–Crippen MR) is 80.0 cm³/mol. The molecule has 21 heavy (non-hydrogen) atoms. The second kappa shape index (κ2) is 8.68. The molecule has 1 aliphatic heterocycles. The number of hydrogen-bond donors (Lipinski definition) is 1. The Hall–Kier alpha value is -1.54. The van der Waals surface area contributed by atoms with E-state index in [1.165, 1.54) is 0 Å². The number of hydrogen-bond acceptors (Lipinski definition) is 4. The van der Waals surface area contributed by atoms with Gasteiger partial charge in [-0.3, -0.25) is 0 Å². The van der Waals surface area contributed by atoms with Crippen molar-refractivity contribution in [3.63, 3.8) is 0 Å². The van der Waals surface area contributed by atoms with E-state index in [0.717, 1.165) is 30.6 Å². The topological polar surface area (TPSA) is 51.2 Å². The fourth-order valence-corrected chi connectivity index (χ4v) is 1.95. The SMILES string of the molecule is COc1ccc(COCCCC#CC[C@@H]2O[C@H]2CO)cc1. The Balaban J connectivity index is 1.49. The molecule has 2 atom stereocenters. The van der Waals surface area contributed by atoms with Crippen molar-refractivity contribution in [2.75, 3.05) is 20.3 Å². The number of benzene rings is 1. The summed E-state index contributed by atoms with van der Waals surface area (Å²) in [5, 5.41) is 8.80. The molecule has 4 nitrogen and oxygen atoms in total. The predicted octanol–water partition coefficient (Wildman–Crippen LogP) is 2.15. The minimum atomic E-state index is 0.0205. The molecule has 0 spiro atoms. The van der Waals surface area contributed by atoms with Gasteiger partial charge in [-0.05, 0) is 24.1 Å². The zero-order valence-electron chi connectivity index (χ0n) is 12.4. The van der Waals surface area contributed by atoms with Gasteiger partial charge in [0.1, 0.15) is 11.9 Å². The van der Waals surface area contributed by atoms with E-state index in [4.69, 9.17) is 19.3 Å². The summed E-state index contributed by atoms with van der Waals surface area (Å²) in [6.07, 6.45) is 2.65. The molecule has 1 aromatic rings. The molecular formula is C17H22O4. The third-order valence-corrected chi connectivity index (χ3v) is 3.31. The highest BCUT2D eigenvalue weighted by Crippen LogP contribution is 2.23. The highest BCUT2D eigenvalue weighted by molar-refractivity contribution is 5.26. The van der Waals surface area contributed by atoms with Crippen LogP contribution in [0, 0.1) is 11.8 Å². The summed E-state index contributed by atoms with van der Waals surface area (Å²) in [7, 11) is 1.66. The van der Waals surface area contributed by atoms with Crippen molar-refractivity contribution in [1.29, 1.82) is 0 Å². The Morgan fingerprint density at radius 2 is 2.00 bits per heavy atom. The zero-order valence-corrected chi connectivity index (χ0v) is 12.4. The maximum atomic E-state index is 8.80. The molecule has 0 bridgehead atoms. The molecule has 0 amide bonds. The number of epoxide rings is 1. The van der Waals surface area contributed by atoms with Gasteiger partial charge < -0.3 is 19.3 Å². The molecule has 0 radical (unpaired) electrons. The summed E-state index contributed by atoms with van der Waals surface area (Å²) in [4.78, 5) is 0. The van der Waals surface area contributed by atoms with Crippen molar-refractivity contribution in [2.24, 2.45) is 0 Å². The van der Waals surface area contributed by atoms with Crippen molar-refractivity contribution < 1.29 is 19.3 Å². The third-order valence-electron chi connectivity index (χ3n) is 3.31. The Morgan fingerprint density at radius 1 is 1.19 bits per heavy atom. The highest BCUT2D eigenvalue weighted by Gasteiger charge is 2.36. The first-order valence-corrected chi connectivity index (χ1v) is 7.26. The maximum Gasteiger partial charge on any atom is 0.118 e. The zero-order chi connectivity index (χ0) is 14.9. The van der Waals surface area contributed by atoms with Crippen molar-refractivity contribution >= 4 is 0 Å². The first kappa shape index (κ1) is 15.8. The average molecular weight is 290 g/mol. The van der Waals surface area contributed by atoms with E-state index in [1.807, 2.05) is 24.3 Å². The maximum absolute atomic E-state index is 8.80. The van der Waals surface area contributed by atoms with E-state index < -0.39 is 0 Å². The molecule has 1 aromatic carbocycles. The first-order valence-electron chi connectivity index (χ1n) is 7.26. The lowest BCUT2D eigenvalue weighted by Gasteiger charge is -2.04. The van der Waals surface area contributed by atoms with Crippen LogP contribution in [-0.2, 0) is 16.1 Å². The number of unbranched alkanes of at least 4 members (excludes halogenated alkanes) is 1. The van der Waals surface area contributed by atoms with Crippen LogP contribution in [0.4, 0.5) is 0 Å². The molecule has 1 saturated heterocycles. The van der Waals surface area contributed by atoms with Gasteiger partial charge in [-0.15, -0.1) is 11.8 Å². The Morgan fingerprint density at radius 3 is 2.67 bits per heavy atom. The highest BCUT2D eigenvalue weighted by atomic mass is 16.6. The van der Waals surface area contributed by atoms with E-state index in [0.29, 0.717) is 13.2 Å². The van der Waals surface area contributed by atoms with Crippen LogP contribution in [-0.4, -0.2) is 37.6 Å². The minimum absolute atomic E-state index is 0.0205. The normalized spacial score (nSPS) is 19.7.